The van der Waals surface area contributed by atoms with Crippen LogP contribution in [0.4, 0.5) is 11.6 Å². The van der Waals surface area contributed by atoms with Gasteiger partial charge < -0.3 is 19.9 Å². The van der Waals surface area contributed by atoms with Gasteiger partial charge in [-0.25, -0.2) is 15.0 Å². The molecule has 2 saturated heterocycles. The zero-order valence-electron chi connectivity index (χ0n) is 20.0. The molecular formula is C25H29N9O2. The maximum atomic E-state index is 13.1. The van der Waals surface area contributed by atoms with Gasteiger partial charge in [-0.2, -0.15) is 5.10 Å². The highest BCUT2D eigenvalue weighted by Gasteiger charge is 2.27. The smallest absolute Gasteiger partial charge is 0.227 e. The summed E-state index contributed by atoms with van der Waals surface area (Å²) in [6.45, 7) is 5.82. The molecule has 2 aliphatic rings. The fraction of sp³-hybridized carbons (Fsp3) is 0.400. The fourth-order valence-electron chi connectivity index (χ4n) is 4.88. The Kier molecular flexibility index (Phi) is 6.31. The van der Waals surface area contributed by atoms with Crippen LogP contribution in [0.25, 0.3) is 22.6 Å². The van der Waals surface area contributed by atoms with E-state index in [4.69, 9.17) is 9.72 Å². The predicted octanol–water partition coefficient (Wildman–Crippen LogP) is 2.43. The van der Waals surface area contributed by atoms with E-state index in [0.29, 0.717) is 23.2 Å². The summed E-state index contributed by atoms with van der Waals surface area (Å²) in [5.74, 6) is 1.26. The van der Waals surface area contributed by atoms with E-state index in [-0.39, 0.29) is 11.8 Å². The summed E-state index contributed by atoms with van der Waals surface area (Å²) in [4.78, 5) is 34.3. The summed E-state index contributed by atoms with van der Waals surface area (Å²) in [6, 6.07) is 8.09. The van der Waals surface area contributed by atoms with E-state index < -0.39 is 0 Å². The summed E-state index contributed by atoms with van der Waals surface area (Å²) in [6.07, 6.45) is 6.67. The molecule has 2 aliphatic heterocycles. The maximum absolute atomic E-state index is 13.1. The zero-order chi connectivity index (χ0) is 24.3. The number of nitrogens with one attached hydrogen (secondary N) is 3. The molecule has 11 heteroatoms. The molecule has 3 N–H and O–H groups in total. The van der Waals surface area contributed by atoms with Crippen LogP contribution < -0.4 is 10.2 Å². The number of piperidine rings is 1. The van der Waals surface area contributed by atoms with Gasteiger partial charge in [-0.3, -0.25) is 14.8 Å². The third-order valence-electron chi connectivity index (χ3n) is 6.88. The van der Waals surface area contributed by atoms with Gasteiger partial charge in [-0.05, 0) is 36.6 Å². The molecule has 2 fully saturated rings. The topological polar surface area (TPSA) is 128 Å². The van der Waals surface area contributed by atoms with Crippen molar-refractivity contribution in [3.63, 3.8) is 0 Å². The van der Waals surface area contributed by atoms with Crippen molar-refractivity contribution in [1.82, 2.24) is 35.0 Å². The van der Waals surface area contributed by atoms with Crippen molar-refractivity contribution in [1.29, 1.82) is 0 Å². The quantitative estimate of drug-likeness (QED) is 0.378. The van der Waals surface area contributed by atoms with Crippen LogP contribution in [0.5, 0.6) is 0 Å². The van der Waals surface area contributed by atoms with Crippen LogP contribution in [0.3, 0.4) is 0 Å². The van der Waals surface area contributed by atoms with Crippen molar-refractivity contribution in [2.45, 2.75) is 19.4 Å². The first kappa shape index (κ1) is 22.6. The van der Waals surface area contributed by atoms with E-state index in [1.807, 2.05) is 0 Å². The number of hydrogen-bond donors (Lipinski definition) is 3. The van der Waals surface area contributed by atoms with Crippen LogP contribution in [-0.2, 0) is 16.1 Å². The Balaban J connectivity index is 1.12. The van der Waals surface area contributed by atoms with Gasteiger partial charge in [-0.1, -0.05) is 6.07 Å². The lowest BCUT2D eigenvalue weighted by Crippen LogP contribution is -2.39. The molecule has 186 valence electrons. The molecule has 1 amide bonds. The predicted molar refractivity (Wildman–Crippen MR) is 135 cm³/mol. The van der Waals surface area contributed by atoms with Gasteiger partial charge in [0.15, 0.2) is 11.5 Å². The van der Waals surface area contributed by atoms with Crippen LogP contribution in [0.1, 0.15) is 18.4 Å². The molecule has 0 unspecified atom stereocenters. The molecule has 4 aromatic rings. The van der Waals surface area contributed by atoms with E-state index in [1.165, 1.54) is 5.56 Å². The first-order valence-electron chi connectivity index (χ1n) is 12.4. The van der Waals surface area contributed by atoms with Crippen LogP contribution in [0, 0.1) is 5.92 Å². The number of aromatic nitrogens is 6. The van der Waals surface area contributed by atoms with Crippen LogP contribution in [-0.4, -0.2) is 80.3 Å². The molecule has 0 aliphatic carbocycles. The number of benzene rings is 1. The number of ether oxygens (including phenoxy) is 1. The van der Waals surface area contributed by atoms with E-state index in [1.54, 1.807) is 24.7 Å². The van der Waals surface area contributed by atoms with Gasteiger partial charge in [0, 0.05) is 57.2 Å². The number of carbonyl (C=O) groups excluding carboxylic acids is 1. The van der Waals surface area contributed by atoms with Gasteiger partial charge in [0.05, 0.1) is 29.9 Å². The van der Waals surface area contributed by atoms with Crippen molar-refractivity contribution in [3.05, 3.63) is 48.4 Å². The Morgan fingerprint density at radius 3 is 2.72 bits per heavy atom. The normalized spacial score (nSPS) is 17.5. The minimum Gasteiger partial charge on any atom is -0.379 e. The summed E-state index contributed by atoms with van der Waals surface area (Å²) in [7, 11) is 0. The SMILES string of the molecule is O=C(Nc1c[nH]nc1-c1nc2cc(CN3CCOCC3)ccc2[nH]1)C1CCN(c2ncccn2)CC1. The zero-order valence-corrected chi connectivity index (χ0v) is 20.0. The Morgan fingerprint density at radius 2 is 1.92 bits per heavy atom. The number of morpholine rings is 1. The molecule has 3 aromatic heterocycles. The number of fused-ring (bicyclic) bond motifs is 1. The molecule has 5 heterocycles. The number of carbonyl (C=O) groups is 1. The largest absolute Gasteiger partial charge is 0.379 e. The standard InChI is InChI=1S/C25H29N9O2/c35-24(18-4-8-34(9-5-18)25-26-6-1-7-27-25)31-21-15-28-32-22(21)23-29-19-3-2-17(14-20(19)30-23)16-33-10-12-36-13-11-33/h1-3,6-7,14-15,18H,4-5,8-13,16H2,(H,28,32)(H,29,30)(H,31,35). The summed E-state index contributed by atoms with van der Waals surface area (Å²) >= 11 is 0. The lowest BCUT2D eigenvalue weighted by molar-refractivity contribution is -0.120. The molecule has 0 radical (unpaired) electrons. The molecule has 0 bridgehead atoms. The van der Waals surface area contributed by atoms with Crippen molar-refractivity contribution in [2.24, 2.45) is 5.92 Å². The second kappa shape index (κ2) is 10.0. The highest BCUT2D eigenvalue weighted by atomic mass is 16.5. The van der Waals surface area contributed by atoms with Crippen LogP contribution >= 0.6 is 0 Å². The number of anilines is 2. The van der Waals surface area contributed by atoms with Gasteiger partial charge in [0.1, 0.15) is 0 Å². The molecule has 36 heavy (non-hydrogen) atoms. The minimum absolute atomic E-state index is 0.00446. The molecule has 0 saturated carbocycles. The number of rotatable bonds is 6. The van der Waals surface area contributed by atoms with Gasteiger partial charge in [0.25, 0.3) is 0 Å². The molecule has 11 nitrogen and oxygen atoms in total. The number of H-pyrrole nitrogens is 2. The van der Waals surface area contributed by atoms with E-state index in [0.717, 1.165) is 69.8 Å². The van der Waals surface area contributed by atoms with Crippen molar-refractivity contribution >= 4 is 28.6 Å². The number of imidazole rings is 1. The van der Waals surface area contributed by atoms with E-state index >= 15 is 0 Å². The Labute approximate surface area is 208 Å². The summed E-state index contributed by atoms with van der Waals surface area (Å²) in [5.41, 5.74) is 4.26. The molecule has 6 rings (SSSR count). The minimum atomic E-state index is -0.0777. The van der Waals surface area contributed by atoms with Crippen LogP contribution in [0.15, 0.2) is 42.9 Å². The third kappa shape index (κ3) is 4.79. The van der Waals surface area contributed by atoms with Crippen molar-refractivity contribution in [2.75, 3.05) is 49.6 Å². The average Bonchev–Trinajstić information content (AvgIpc) is 3.56. The highest BCUT2D eigenvalue weighted by Crippen LogP contribution is 2.28. The Bertz CT molecular complexity index is 1320. The Morgan fingerprint density at radius 1 is 1.11 bits per heavy atom. The number of hydrogen-bond acceptors (Lipinski definition) is 8. The first-order chi connectivity index (χ1) is 17.7. The van der Waals surface area contributed by atoms with Gasteiger partial charge in [-0.15, -0.1) is 0 Å². The maximum Gasteiger partial charge on any atom is 0.227 e. The number of amides is 1. The van der Waals surface area contributed by atoms with Gasteiger partial charge in [0.2, 0.25) is 11.9 Å². The fourth-order valence-corrected chi connectivity index (χ4v) is 4.88. The molecule has 0 atom stereocenters. The van der Waals surface area contributed by atoms with E-state index in [2.05, 4.69) is 58.5 Å². The van der Waals surface area contributed by atoms with Crippen molar-refractivity contribution in [3.8, 4) is 11.5 Å². The monoisotopic (exact) mass is 487 g/mol. The Hall–Kier alpha value is -3.83. The second-order valence-corrected chi connectivity index (χ2v) is 9.27. The lowest BCUT2D eigenvalue weighted by atomic mass is 9.96. The van der Waals surface area contributed by atoms with Crippen LogP contribution in [0.2, 0.25) is 0 Å². The summed E-state index contributed by atoms with van der Waals surface area (Å²) < 4.78 is 5.45. The average molecular weight is 488 g/mol. The number of aromatic amines is 2. The highest BCUT2D eigenvalue weighted by molar-refractivity contribution is 5.96. The summed E-state index contributed by atoms with van der Waals surface area (Å²) in [5, 5.41) is 10.3. The number of nitrogens with zero attached hydrogens (tertiary/aromatic N) is 6. The van der Waals surface area contributed by atoms with E-state index in [9.17, 15) is 4.79 Å². The third-order valence-corrected chi connectivity index (χ3v) is 6.88. The molecular weight excluding hydrogens is 458 g/mol. The molecule has 1 aromatic carbocycles. The van der Waals surface area contributed by atoms with Crippen molar-refractivity contribution < 1.29 is 9.53 Å². The van der Waals surface area contributed by atoms with Gasteiger partial charge >= 0.3 is 0 Å². The molecule has 0 spiro atoms. The first-order valence-corrected chi connectivity index (χ1v) is 12.4. The second-order valence-electron chi connectivity index (χ2n) is 9.27. The lowest BCUT2D eigenvalue weighted by Gasteiger charge is -2.31.